The van der Waals surface area contributed by atoms with Gasteiger partial charge in [-0.25, -0.2) is 0 Å². The van der Waals surface area contributed by atoms with Crippen LogP contribution >= 0.6 is 15.9 Å². The Kier molecular flexibility index (Phi) is 4.71. The van der Waals surface area contributed by atoms with Crippen molar-refractivity contribution in [1.29, 1.82) is 0 Å². The Balaban J connectivity index is 2.07. The molecule has 100 valence electrons. The second-order valence-electron chi connectivity index (χ2n) is 5.45. The molecule has 1 aromatic rings. The van der Waals surface area contributed by atoms with E-state index in [1.54, 1.807) is 7.11 Å². The van der Waals surface area contributed by atoms with Gasteiger partial charge < -0.3 is 4.74 Å². The first kappa shape index (κ1) is 13.9. The van der Waals surface area contributed by atoms with Crippen LogP contribution in [0, 0.1) is 5.41 Å². The maximum absolute atomic E-state index is 5.30. The Morgan fingerprint density at radius 1 is 1.33 bits per heavy atom. The molecule has 1 aromatic carbocycles. The zero-order chi connectivity index (χ0) is 13.0. The molecule has 18 heavy (non-hydrogen) atoms. The number of ether oxygens (including phenoxy) is 1. The van der Waals surface area contributed by atoms with Crippen molar-refractivity contribution in [2.75, 3.05) is 7.11 Å². The van der Waals surface area contributed by atoms with Crippen LogP contribution in [0.4, 0.5) is 0 Å². The fourth-order valence-corrected chi connectivity index (χ4v) is 4.35. The number of alkyl halides is 1. The fraction of sp³-hybridized carbons (Fsp3) is 0.625. The van der Waals surface area contributed by atoms with E-state index in [1.165, 1.54) is 37.7 Å². The highest BCUT2D eigenvalue weighted by Gasteiger charge is 2.38. The van der Waals surface area contributed by atoms with Gasteiger partial charge in [0.2, 0.25) is 0 Å². The van der Waals surface area contributed by atoms with Crippen LogP contribution in [0.2, 0.25) is 0 Å². The molecule has 1 aliphatic rings. The highest BCUT2D eigenvalue weighted by Crippen LogP contribution is 2.47. The molecule has 0 bridgehead atoms. The fourth-order valence-electron chi connectivity index (χ4n) is 3.19. The average molecular weight is 311 g/mol. The van der Waals surface area contributed by atoms with Gasteiger partial charge in [-0.05, 0) is 48.8 Å². The largest absolute Gasteiger partial charge is 0.497 e. The smallest absolute Gasteiger partial charge is 0.119 e. The second-order valence-corrected chi connectivity index (χ2v) is 6.55. The molecule has 1 saturated carbocycles. The van der Waals surface area contributed by atoms with E-state index in [0.29, 0.717) is 10.2 Å². The predicted molar refractivity (Wildman–Crippen MR) is 80.6 cm³/mol. The quantitative estimate of drug-likeness (QED) is 0.698. The molecule has 0 heterocycles. The molecular weight excluding hydrogens is 288 g/mol. The summed E-state index contributed by atoms with van der Waals surface area (Å²) in [5.74, 6) is 0.962. The third kappa shape index (κ3) is 2.90. The summed E-state index contributed by atoms with van der Waals surface area (Å²) in [6.45, 7) is 2.34. The lowest BCUT2D eigenvalue weighted by Gasteiger charge is -2.33. The van der Waals surface area contributed by atoms with Crippen molar-refractivity contribution in [3.8, 4) is 5.75 Å². The van der Waals surface area contributed by atoms with Crippen molar-refractivity contribution in [2.24, 2.45) is 5.41 Å². The molecule has 0 radical (unpaired) electrons. The van der Waals surface area contributed by atoms with E-state index < -0.39 is 0 Å². The van der Waals surface area contributed by atoms with Crippen molar-refractivity contribution in [3.63, 3.8) is 0 Å². The summed E-state index contributed by atoms with van der Waals surface area (Å²) in [7, 11) is 1.73. The maximum Gasteiger partial charge on any atom is 0.119 e. The third-order valence-corrected chi connectivity index (χ3v) is 5.81. The van der Waals surface area contributed by atoms with E-state index in [4.69, 9.17) is 4.74 Å². The summed E-state index contributed by atoms with van der Waals surface area (Å²) < 4.78 is 5.30. The van der Waals surface area contributed by atoms with Crippen LogP contribution in [0.25, 0.3) is 0 Å². The van der Waals surface area contributed by atoms with Gasteiger partial charge in [0.15, 0.2) is 0 Å². The van der Waals surface area contributed by atoms with Crippen LogP contribution in [0.3, 0.4) is 0 Å². The van der Waals surface area contributed by atoms with Crippen LogP contribution in [-0.2, 0) is 6.42 Å². The molecule has 1 nitrogen and oxygen atoms in total. The molecule has 0 amide bonds. The van der Waals surface area contributed by atoms with Crippen molar-refractivity contribution < 1.29 is 4.74 Å². The Labute approximate surface area is 119 Å². The molecule has 1 aliphatic carbocycles. The molecule has 2 heteroatoms. The minimum Gasteiger partial charge on any atom is -0.497 e. The van der Waals surface area contributed by atoms with E-state index in [2.05, 4.69) is 41.1 Å². The van der Waals surface area contributed by atoms with Gasteiger partial charge >= 0.3 is 0 Å². The summed E-state index contributed by atoms with van der Waals surface area (Å²) in [4.78, 5) is 0.588. The predicted octanol–water partition coefficient (Wildman–Crippen LogP) is 4.97. The van der Waals surface area contributed by atoms with E-state index in [-0.39, 0.29) is 0 Å². The van der Waals surface area contributed by atoms with Crippen molar-refractivity contribution in [1.82, 2.24) is 0 Å². The zero-order valence-electron chi connectivity index (χ0n) is 11.4. The minimum atomic E-state index is 0.517. The van der Waals surface area contributed by atoms with Gasteiger partial charge in [-0.3, -0.25) is 0 Å². The minimum absolute atomic E-state index is 0.517. The number of benzene rings is 1. The lowest BCUT2D eigenvalue weighted by atomic mass is 9.78. The molecule has 1 atom stereocenters. The number of methoxy groups -OCH3 is 1. The molecule has 0 spiro atoms. The van der Waals surface area contributed by atoms with E-state index in [9.17, 15) is 0 Å². The Bertz CT molecular complexity index is 382. The SMILES string of the molecule is CCC1(C(Br)Cc2cccc(OC)c2)CCCC1. The first-order valence-electron chi connectivity index (χ1n) is 6.97. The first-order valence-corrected chi connectivity index (χ1v) is 7.89. The molecule has 1 unspecified atom stereocenters. The molecular formula is C16H23BrO. The van der Waals surface area contributed by atoms with Crippen molar-refractivity contribution >= 4 is 15.9 Å². The highest BCUT2D eigenvalue weighted by molar-refractivity contribution is 9.09. The van der Waals surface area contributed by atoms with Crippen molar-refractivity contribution in [2.45, 2.75) is 50.3 Å². The van der Waals surface area contributed by atoms with Gasteiger partial charge in [0.25, 0.3) is 0 Å². The Morgan fingerprint density at radius 2 is 2.06 bits per heavy atom. The van der Waals surface area contributed by atoms with Gasteiger partial charge in [0.1, 0.15) is 5.75 Å². The van der Waals surface area contributed by atoms with Gasteiger partial charge in [0, 0.05) is 4.83 Å². The molecule has 2 rings (SSSR count). The van der Waals surface area contributed by atoms with Crippen LogP contribution < -0.4 is 4.74 Å². The van der Waals surface area contributed by atoms with E-state index in [0.717, 1.165) is 12.2 Å². The lowest BCUT2D eigenvalue weighted by Crippen LogP contribution is -2.29. The first-order chi connectivity index (χ1) is 8.70. The van der Waals surface area contributed by atoms with Crippen LogP contribution in [0.1, 0.15) is 44.6 Å². The van der Waals surface area contributed by atoms with Crippen LogP contribution in [-0.4, -0.2) is 11.9 Å². The number of hydrogen-bond acceptors (Lipinski definition) is 1. The number of halogens is 1. The van der Waals surface area contributed by atoms with E-state index >= 15 is 0 Å². The van der Waals surface area contributed by atoms with E-state index in [1.807, 2.05) is 6.07 Å². The third-order valence-electron chi connectivity index (χ3n) is 4.52. The maximum atomic E-state index is 5.30. The van der Waals surface area contributed by atoms with Gasteiger partial charge in [-0.15, -0.1) is 0 Å². The Hall–Kier alpha value is -0.500. The molecule has 0 N–H and O–H groups in total. The standard InChI is InChI=1S/C16H23BrO/c1-3-16(9-4-5-10-16)15(17)12-13-7-6-8-14(11-13)18-2/h6-8,11,15H,3-5,9-10,12H2,1-2H3. The zero-order valence-corrected chi connectivity index (χ0v) is 13.0. The molecule has 0 aromatic heterocycles. The van der Waals surface area contributed by atoms with Gasteiger partial charge in [0.05, 0.1) is 7.11 Å². The van der Waals surface area contributed by atoms with Crippen LogP contribution in [0.15, 0.2) is 24.3 Å². The van der Waals surface area contributed by atoms with Gasteiger partial charge in [-0.1, -0.05) is 47.8 Å². The summed E-state index contributed by atoms with van der Waals surface area (Å²) >= 11 is 3.96. The van der Waals surface area contributed by atoms with Crippen LogP contribution in [0.5, 0.6) is 5.75 Å². The normalized spacial score (nSPS) is 19.7. The molecule has 1 fully saturated rings. The lowest BCUT2D eigenvalue weighted by molar-refractivity contribution is 0.275. The Morgan fingerprint density at radius 3 is 2.67 bits per heavy atom. The average Bonchev–Trinajstić information content (AvgIpc) is 2.89. The monoisotopic (exact) mass is 310 g/mol. The topological polar surface area (TPSA) is 9.23 Å². The summed E-state index contributed by atoms with van der Waals surface area (Å²) in [5.41, 5.74) is 1.89. The number of rotatable bonds is 5. The summed E-state index contributed by atoms with van der Waals surface area (Å²) in [6, 6.07) is 8.46. The highest BCUT2D eigenvalue weighted by atomic mass is 79.9. The van der Waals surface area contributed by atoms with Gasteiger partial charge in [-0.2, -0.15) is 0 Å². The van der Waals surface area contributed by atoms with Crippen molar-refractivity contribution in [3.05, 3.63) is 29.8 Å². The summed E-state index contributed by atoms with van der Waals surface area (Å²) in [5, 5.41) is 0. The molecule has 0 aliphatic heterocycles. The molecule has 0 saturated heterocycles. The second kappa shape index (κ2) is 6.10. The number of hydrogen-bond donors (Lipinski definition) is 0. The summed E-state index contributed by atoms with van der Waals surface area (Å²) in [6.07, 6.45) is 7.94.